The predicted molar refractivity (Wildman–Crippen MR) is 232 cm³/mol. The molecule has 0 bridgehead atoms. The molecule has 0 radical (unpaired) electrons. The Labute approximate surface area is 324 Å². The van der Waals surface area contributed by atoms with Gasteiger partial charge in [-0.15, -0.1) is 0 Å². The van der Waals surface area contributed by atoms with Gasteiger partial charge in [0.2, 0.25) is 0 Å². The van der Waals surface area contributed by atoms with E-state index in [1.54, 1.807) is 0 Å². The van der Waals surface area contributed by atoms with Crippen molar-refractivity contribution in [3.05, 3.63) is 210 Å². The standard InChI is InChI=1S/C52H33BN2O/c1-32-28-39-37-23-15-25-41-50(37)55(44-27-14-12-24-40(44)52(41,35-18-7-3-8-19-35)36-20-9-4-10-21-36)53-42-31-47-34(30-46(56-47)33-16-5-2-6-17-33)29-45(42)54-43-26-13-11-22-38(43)48(32)51(54)49(39)53/h2-31H,1H3. The molecule has 0 aliphatic carbocycles. The number of rotatable bonds is 3. The molecule has 0 unspecified atom stereocenters. The Bertz CT molecular complexity index is 3230. The molecule has 0 saturated heterocycles. The average molecular weight is 713 g/mol. The van der Waals surface area contributed by atoms with Crippen LogP contribution < -0.4 is 15.7 Å². The van der Waals surface area contributed by atoms with E-state index >= 15 is 0 Å². The zero-order valence-corrected chi connectivity index (χ0v) is 30.7. The van der Waals surface area contributed by atoms with Crippen LogP contribution in [-0.2, 0) is 5.41 Å². The van der Waals surface area contributed by atoms with Crippen LogP contribution in [0, 0.1) is 6.92 Å². The van der Waals surface area contributed by atoms with Gasteiger partial charge >= 0.3 is 6.85 Å². The van der Waals surface area contributed by atoms with Gasteiger partial charge in [0.15, 0.2) is 0 Å². The number of aromatic nitrogens is 1. The van der Waals surface area contributed by atoms with E-state index in [1.165, 1.54) is 88.7 Å². The summed E-state index contributed by atoms with van der Waals surface area (Å²) in [4.78, 5) is 2.69. The highest BCUT2D eigenvalue weighted by Crippen LogP contribution is 2.60. The van der Waals surface area contributed by atoms with E-state index in [0.29, 0.717) is 0 Å². The summed E-state index contributed by atoms with van der Waals surface area (Å²) < 4.78 is 9.33. The Morgan fingerprint density at radius 3 is 2.04 bits per heavy atom. The van der Waals surface area contributed by atoms with Gasteiger partial charge in [-0.3, -0.25) is 0 Å². The first-order valence-electron chi connectivity index (χ1n) is 19.6. The number of aryl methyl sites for hydroxylation is 1. The second kappa shape index (κ2) is 10.8. The molecule has 0 atom stereocenters. The zero-order chi connectivity index (χ0) is 36.7. The van der Waals surface area contributed by atoms with Crippen LogP contribution in [0.25, 0.3) is 60.9 Å². The van der Waals surface area contributed by atoms with E-state index in [0.717, 1.165) is 22.3 Å². The molecule has 3 aliphatic heterocycles. The van der Waals surface area contributed by atoms with Crippen LogP contribution in [0.15, 0.2) is 186 Å². The topological polar surface area (TPSA) is 21.3 Å². The summed E-state index contributed by atoms with van der Waals surface area (Å²) in [5.74, 6) is 0.884. The summed E-state index contributed by atoms with van der Waals surface area (Å²) in [5, 5.41) is 3.73. The van der Waals surface area contributed by atoms with Gasteiger partial charge in [0.25, 0.3) is 0 Å². The monoisotopic (exact) mass is 712 g/mol. The number of benzene rings is 8. The molecular formula is C52H33BN2O. The van der Waals surface area contributed by atoms with Gasteiger partial charge in [-0.2, -0.15) is 0 Å². The van der Waals surface area contributed by atoms with Crippen LogP contribution in [0.3, 0.4) is 0 Å². The van der Waals surface area contributed by atoms with Crippen molar-refractivity contribution < 1.29 is 4.42 Å². The number of hydrogen-bond acceptors (Lipinski definition) is 2. The molecule has 0 N–H and O–H groups in total. The van der Waals surface area contributed by atoms with Crippen LogP contribution in [0.2, 0.25) is 0 Å². The molecule has 3 aliphatic rings. The summed E-state index contributed by atoms with van der Waals surface area (Å²) >= 11 is 0. The van der Waals surface area contributed by atoms with Crippen molar-refractivity contribution in [3.63, 3.8) is 0 Å². The number of fused-ring (bicyclic) bond motifs is 11. The van der Waals surface area contributed by atoms with Crippen LogP contribution in [0.4, 0.5) is 11.4 Å². The molecule has 260 valence electrons. The number of anilines is 2. The third kappa shape index (κ3) is 3.65. The summed E-state index contributed by atoms with van der Waals surface area (Å²) in [5.41, 5.74) is 19.3. The van der Waals surface area contributed by atoms with Crippen LogP contribution in [0.5, 0.6) is 0 Å². The predicted octanol–water partition coefficient (Wildman–Crippen LogP) is 11.4. The third-order valence-corrected chi connectivity index (χ3v) is 12.9. The molecule has 56 heavy (non-hydrogen) atoms. The largest absolute Gasteiger partial charge is 0.456 e. The molecule has 0 amide bonds. The minimum absolute atomic E-state index is 0.103. The fourth-order valence-electron chi connectivity index (χ4n) is 10.8. The first-order chi connectivity index (χ1) is 27.7. The maximum atomic E-state index is 6.78. The first-order valence-corrected chi connectivity index (χ1v) is 19.6. The van der Waals surface area contributed by atoms with Crippen molar-refractivity contribution in [1.82, 2.24) is 4.57 Å². The van der Waals surface area contributed by atoms with Gasteiger partial charge in [0, 0.05) is 44.3 Å². The van der Waals surface area contributed by atoms with Crippen LogP contribution in [-0.4, -0.2) is 11.4 Å². The maximum Gasteiger partial charge on any atom is 0.333 e. The van der Waals surface area contributed by atoms with E-state index in [2.05, 4.69) is 198 Å². The molecule has 0 fully saturated rings. The molecule has 2 aromatic heterocycles. The molecular weight excluding hydrogens is 679 g/mol. The smallest absolute Gasteiger partial charge is 0.333 e. The molecule has 5 heterocycles. The molecule has 13 rings (SSSR count). The lowest BCUT2D eigenvalue weighted by molar-refractivity contribution is 0.632. The zero-order valence-electron chi connectivity index (χ0n) is 30.7. The summed E-state index contributed by atoms with van der Waals surface area (Å²) in [6.45, 7) is 2.20. The first kappa shape index (κ1) is 30.3. The number of hydrogen-bond donors (Lipinski definition) is 0. The Kier molecular flexibility index (Phi) is 5.85. The van der Waals surface area contributed by atoms with Crippen molar-refractivity contribution in [3.8, 4) is 28.1 Å². The maximum absolute atomic E-state index is 6.78. The highest BCUT2D eigenvalue weighted by Gasteiger charge is 2.53. The second-order valence-corrected chi connectivity index (χ2v) is 15.6. The molecule has 0 saturated carbocycles. The van der Waals surface area contributed by atoms with Gasteiger partial charge in [-0.25, -0.2) is 0 Å². The van der Waals surface area contributed by atoms with E-state index < -0.39 is 5.41 Å². The summed E-state index contributed by atoms with van der Waals surface area (Å²) in [7, 11) is 0. The molecule has 4 heteroatoms. The Morgan fingerprint density at radius 1 is 0.571 bits per heavy atom. The normalized spacial score (nSPS) is 14.2. The van der Waals surface area contributed by atoms with Gasteiger partial charge in [0.1, 0.15) is 11.3 Å². The average Bonchev–Trinajstić information content (AvgIpc) is 3.84. The van der Waals surface area contributed by atoms with Gasteiger partial charge in [-0.1, -0.05) is 152 Å². The highest BCUT2D eigenvalue weighted by atomic mass is 16.3. The quantitative estimate of drug-likeness (QED) is 0.170. The lowest BCUT2D eigenvalue weighted by Crippen LogP contribution is -2.62. The van der Waals surface area contributed by atoms with Crippen LogP contribution in [0.1, 0.15) is 27.8 Å². The third-order valence-electron chi connectivity index (χ3n) is 12.9. The second-order valence-electron chi connectivity index (χ2n) is 15.6. The van der Waals surface area contributed by atoms with Crippen molar-refractivity contribution in [1.29, 1.82) is 0 Å². The molecule has 10 aromatic rings. The fraction of sp³-hybridized carbons (Fsp3) is 0.0385. The SMILES string of the molecule is Cc1cc2c3c4c1c1ccccc1n4-c1cc4cc(-c5ccccc5)oc4cc1B3N1c3ccccc3C(c3ccccc3)(c3ccccc3)c3cccc-2c31. The Morgan fingerprint density at radius 2 is 1.25 bits per heavy atom. The van der Waals surface area contributed by atoms with Gasteiger partial charge < -0.3 is 13.8 Å². The minimum atomic E-state index is -0.542. The number of nitrogens with zero attached hydrogens (tertiary/aromatic N) is 2. The summed E-state index contributed by atoms with van der Waals surface area (Å²) in [6, 6.07) is 67.3. The molecule has 8 aromatic carbocycles. The van der Waals surface area contributed by atoms with E-state index in [4.69, 9.17) is 4.42 Å². The van der Waals surface area contributed by atoms with Crippen molar-refractivity contribution in [2.24, 2.45) is 0 Å². The summed E-state index contributed by atoms with van der Waals surface area (Å²) in [6.07, 6.45) is 0. The molecule has 3 nitrogen and oxygen atoms in total. The van der Waals surface area contributed by atoms with E-state index in [-0.39, 0.29) is 6.85 Å². The van der Waals surface area contributed by atoms with Crippen molar-refractivity contribution in [2.45, 2.75) is 12.3 Å². The van der Waals surface area contributed by atoms with Crippen LogP contribution >= 0.6 is 0 Å². The van der Waals surface area contributed by atoms with Crippen molar-refractivity contribution >= 4 is 61.9 Å². The van der Waals surface area contributed by atoms with Crippen molar-refractivity contribution in [2.75, 3.05) is 4.81 Å². The van der Waals surface area contributed by atoms with Gasteiger partial charge in [-0.05, 0) is 81.6 Å². The number of furan rings is 1. The Hall–Kier alpha value is -7.04. The fourth-order valence-corrected chi connectivity index (χ4v) is 10.8. The lowest BCUT2D eigenvalue weighted by Gasteiger charge is -2.51. The van der Waals surface area contributed by atoms with Gasteiger partial charge in [0.05, 0.1) is 16.4 Å². The van der Waals surface area contributed by atoms with E-state index in [1.807, 2.05) is 0 Å². The number of para-hydroxylation sites is 3. The minimum Gasteiger partial charge on any atom is -0.456 e. The molecule has 0 spiro atoms. The lowest BCUT2D eigenvalue weighted by atomic mass is 9.42. The van der Waals surface area contributed by atoms with E-state index in [9.17, 15) is 0 Å². The highest BCUT2D eigenvalue weighted by molar-refractivity contribution is 6.94. The Balaban J connectivity index is 1.21.